The number of hydrogen-bond donors (Lipinski definition) is 0. The van der Waals surface area contributed by atoms with Crippen LogP contribution in [-0.4, -0.2) is 19.1 Å². The summed E-state index contributed by atoms with van der Waals surface area (Å²) in [7, 11) is 4.05. The Balaban J connectivity index is 3.07. The molecule has 0 atom stereocenters. The normalized spacial score (nSPS) is 10.8. The molecule has 0 fully saturated rings. The second-order valence-corrected chi connectivity index (χ2v) is 4.22. The predicted octanol–water partition coefficient (Wildman–Crippen LogP) is 3.16. The van der Waals surface area contributed by atoms with Gasteiger partial charge < -0.3 is 4.90 Å². The molecule has 1 heterocycles. The third-order valence-corrected chi connectivity index (χ3v) is 2.74. The molecule has 1 radical (unpaired) electrons. The first kappa shape index (κ1) is 12.0. The van der Waals surface area contributed by atoms with E-state index in [-0.39, 0.29) is 0 Å². The zero-order chi connectivity index (χ0) is 11.4. The molecule has 0 aliphatic rings. The first-order chi connectivity index (χ1) is 7.08. The van der Waals surface area contributed by atoms with Crippen LogP contribution in [0.1, 0.15) is 43.9 Å². The van der Waals surface area contributed by atoms with Gasteiger partial charge >= 0.3 is 0 Å². The van der Waals surface area contributed by atoms with Crippen LogP contribution in [0.3, 0.4) is 0 Å². The number of hydrogen-bond acceptors (Lipinski definition) is 2. The summed E-state index contributed by atoms with van der Waals surface area (Å²) in [5.74, 6) is 1.58. The maximum absolute atomic E-state index is 4.65. The van der Waals surface area contributed by atoms with Crippen molar-refractivity contribution >= 4 is 5.82 Å². The van der Waals surface area contributed by atoms with E-state index in [1.54, 1.807) is 0 Å². The fraction of sp³-hybridized carbons (Fsp3) is 0.615. The molecule has 0 unspecified atom stereocenters. The van der Waals surface area contributed by atoms with Crippen LogP contribution >= 0.6 is 0 Å². The van der Waals surface area contributed by atoms with E-state index in [4.69, 9.17) is 0 Å². The van der Waals surface area contributed by atoms with E-state index in [9.17, 15) is 0 Å². The molecule has 0 aliphatic carbocycles. The van der Waals surface area contributed by atoms with Crippen molar-refractivity contribution in [3.05, 3.63) is 23.4 Å². The highest BCUT2D eigenvalue weighted by Crippen LogP contribution is 2.23. The third-order valence-electron chi connectivity index (χ3n) is 2.74. The predicted molar refractivity (Wildman–Crippen MR) is 65.5 cm³/mol. The minimum Gasteiger partial charge on any atom is -0.363 e. The van der Waals surface area contributed by atoms with Crippen molar-refractivity contribution in [2.75, 3.05) is 19.0 Å². The summed E-state index contributed by atoms with van der Waals surface area (Å²) in [6.07, 6.45) is 2.27. The molecule has 0 amide bonds. The maximum atomic E-state index is 4.65. The molecule has 15 heavy (non-hydrogen) atoms. The number of rotatable bonds is 4. The second-order valence-electron chi connectivity index (χ2n) is 4.22. The van der Waals surface area contributed by atoms with Crippen molar-refractivity contribution in [2.45, 2.75) is 39.5 Å². The molecule has 0 bridgehead atoms. The smallest absolute Gasteiger partial charge is 0.128 e. The lowest BCUT2D eigenvalue weighted by Gasteiger charge is -2.17. The summed E-state index contributed by atoms with van der Waals surface area (Å²) in [6, 6.07) is 5.44. The summed E-state index contributed by atoms with van der Waals surface area (Å²) in [5, 5.41) is 0. The van der Waals surface area contributed by atoms with Gasteiger partial charge in [0.05, 0.1) is 5.69 Å². The Morgan fingerprint density at radius 1 is 1.33 bits per heavy atom. The summed E-state index contributed by atoms with van der Waals surface area (Å²) >= 11 is 0. The Hall–Kier alpha value is -1.05. The molecule has 0 aromatic carbocycles. The minimum atomic E-state index is 0.545. The van der Waals surface area contributed by atoms with E-state index in [0.29, 0.717) is 5.92 Å². The van der Waals surface area contributed by atoms with Gasteiger partial charge in [-0.3, -0.25) is 0 Å². The van der Waals surface area contributed by atoms with Crippen LogP contribution in [0.5, 0.6) is 0 Å². The Morgan fingerprint density at radius 3 is 2.40 bits per heavy atom. The van der Waals surface area contributed by atoms with Crippen molar-refractivity contribution in [1.82, 2.24) is 4.98 Å². The van der Waals surface area contributed by atoms with Crippen LogP contribution in [0.4, 0.5) is 5.82 Å². The Bertz CT molecular complexity index is 314. The first-order valence-electron chi connectivity index (χ1n) is 5.66. The van der Waals surface area contributed by atoms with Gasteiger partial charge in [0.1, 0.15) is 5.82 Å². The molecule has 0 aliphatic heterocycles. The summed E-state index contributed by atoms with van der Waals surface area (Å²) in [4.78, 5) is 6.69. The van der Waals surface area contributed by atoms with Crippen molar-refractivity contribution in [1.29, 1.82) is 0 Å². The average molecular weight is 205 g/mol. The second kappa shape index (κ2) is 5.15. The van der Waals surface area contributed by atoms with E-state index < -0.39 is 0 Å². The number of aryl methyl sites for hydroxylation is 1. The lowest BCUT2D eigenvalue weighted by molar-refractivity contribution is 0.621. The van der Waals surface area contributed by atoms with Gasteiger partial charge in [0.15, 0.2) is 0 Å². The maximum Gasteiger partial charge on any atom is 0.128 e. The zero-order valence-electron chi connectivity index (χ0n) is 10.5. The van der Waals surface area contributed by atoms with Crippen molar-refractivity contribution in [3.63, 3.8) is 0 Å². The van der Waals surface area contributed by atoms with E-state index in [1.165, 1.54) is 5.56 Å². The monoisotopic (exact) mass is 205 g/mol. The van der Waals surface area contributed by atoms with Crippen LogP contribution in [0.2, 0.25) is 0 Å². The number of nitrogens with zero attached hydrogens (tertiary/aromatic N) is 2. The molecule has 1 rings (SSSR count). The highest BCUT2D eigenvalue weighted by atomic mass is 15.1. The van der Waals surface area contributed by atoms with E-state index in [2.05, 4.69) is 37.9 Å². The number of aromatic nitrogens is 1. The summed E-state index contributed by atoms with van der Waals surface area (Å²) in [6.45, 7) is 6.50. The average Bonchev–Trinajstić information content (AvgIpc) is 2.18. The van der Waals surface area contributed by atoms with Gasteiger partial charge in [0.25, 0.3) is 0 Å². The molecular formula is C13H21N2. The molecule has 1 aromatic heterocycles. The molecule has 0 N–H and O–H groups in total. The van der Waals surface area contributed by atoms with Crippen molar-refractivity contribution in [3.8, 4) is 0 Å². The quantitative estimate of drug-likeness (QED) is 0.750. The Morgan fingerprint density at radius 2 is 1.93 bits per heavy atom. The largest absolute Gasteiger partial charge is 0.363 e. The number of anilines is 1. The molecule has 0 saturated heterocycles. The standard InChI is InChI=1S/C13H21N2/c1-6-11(7-2)12-8-10(3)9-13(14-12)15(4)5/h9,11H,6-7H2,1-5H3. The van der Waals surface area contributed by atoms with E-state index in [1.807, 2.05) is 19.0 Å². The minimum absolute atomic E-state index is 0.545. The molecule has 0 saturated carbocycles. The van der Waals surface area contributed by atoms with E-state index in [0.717, 1.165) is 24.4 Å². The SMILES string of the molecule is CCC(CC)c1[c]c(C)cc(N(C)C)n1. The summed E-state index contributed by atoms with van der Waals surface area (Å²) in [5.41, 5.74) is 2.29. The van der Waals surface area contributed by atoms with Crippen molar-refractivity contribution < 1.29 is 0 Å². The Labute approximate surface area is 93.3 Å². The van der Waals surface area contributed by atoms with Gasteiger partial charge in [-0.1, -0.05) is 13.8 Å². The van der Waals surface area contributed by atoms with Gasteiger partial charge in [-0.25, -0.2) is 4.98 Å². The lowest BCUT2D eigenvalue weighted by Crippen LogP contribution is -2.13. The first-order valence-corrected chi connectivity index (χ1v) is 5.66. The molecule has 2 nitrogen and oxygen atoms in total. The zero-order valence-corrected chi connectivity index (χ0v) is 10.5. The summed E-state index contributed by atoms with van der Waals surface area (Å²) < 4.78 is 0. The molecule has 1 aromatic rings. The van der Waals surface area contributed by atoms with Crippen molar-refractivity contribution in [2.24, 2.45) is 0 Å². The fourth-order valence-electron chi connectivity index (χ4n) is 1.71. The number of pyridine rings is 1. The van der Waals surface area contributed by atoms with Crippen LogP contribution in [0.25, 0.3) is 0 Å². The lowest BCUT2D eigenvalue weighted by atomic mass is 9.98. The fourth-order valence-corrected chi connectivity index (χ4v) is 1.71. The third kappa shape index (κ3) is 2.95. The van der Waals surface area contributed by atoms with Gasteiger partial charge in [0.2, 0.25) is 0 Å². The van der Waals surface area contributed by atoms with Gasteiger partial charge in [-0.15, -0.1) is 0 Å². The highest BCUT2D eigenvalue weighted by molar-refractivity contribution is 5.40. The molecule has 83 valence electrons. The van der Waals surface area contributed by atoms with E-state index >= 15 is 0 Å². The molecule has 0 spiro atoms. The van der Waals surface area contributed by atoms with Gasteiger partial charge in [0, 0.05) is 26.1 Å². The van der Waals surface area contributed by atoms with Crippen LogP contribution in [0.15, 0.2) is 6.07 Å². The van der Waals surface area contributed by atoms with Crippen LogP contribution in [-0.2, 0) is 0 Å². The van der Waals surface area contributed by atoms with Crippen LogP contribution < -0.4 is 4.90 Å². The van der Waals surface area contributed by atoms with Crippen LogP contribution in [0, 0.1) is 13.0 Å². The topological polar surface area (TPSA) is 16.1 Å². The van der Waals surface area contributed by atoms with Gasteiger partial charge in [-0.2, -0.15) is 0 Å². The molecular weight excluding hydrogens is 184 g/mol. The Kier molecular flexibility index (Phi) is 4.13. The molecule has 2 heteroatoms. The highest BCUT2D eigenvalue weighted by Gasteiger charge is 2.11. The van der Waals surface area contributed by atoms with Gasteiger partial charge in [-0.05, 0) is 31.4 Å².